The van der Waals surface area contributed by atoms with Gasteiger partial charge in [0.2, 0.25) is 21.3 Å². The summed E-state index contributed by atoms with van der Waals surface area (Å²) in [6, 6.07) is 25.7. The molecular formula is C56H72ClN5O9S. The number of aliphatic hydroxyl groups excluding tert-OH is 1. The Morgan fingerprint density at radius 2 is 1.58 bits per heavy atom. The molecule has 4 aromatic carbocycles. The standard InChI is InChI=1S/C56H72ClN5O9S/c1-36(39(4)60-27-29-61(30-28-60)42-12-9-8-10-13-42)37(2)41-17-19-44(20-18-41)72(68,69)45-15-11-14-43(33-45)70-31-26-53(66)58-49-23-16-40(32-48(49)57)34-62(55(67)71-56(5,6)7)35-51(64)38(3)46-21-24-50(63)54-47(46)22-25-52(65)59-54/h11,14-25,32-33,36-39,42,51,63-64H,8-10,12-13,26-31,34-35H2,1-7H3,(H,58,66)(H,59,65)/t36-,37?,38?,39+,51-/m0/s1. The molecule has 1 aromatic heterocycles. The number of hydrogen-bond acceptors (Lipinski definition) is 11. The van der Waals surface area contributed by atoms with Crippen molar-refractivity contribution in [3.63, 3.8) is 0 Å². The molecule has 2 fully saturated rings. The number of amides is 2. The van der Waals surface area contributed by atoms with Crippen LogP contribution in [0.2, 0.25) is 5.02 Å². The first-order valence-corrected chi connectivity index (χ1v) is 27.2. The lowest BCUT2D eigenvalue weighted by Gasteiger charge is -2.44. The van der Waals surface area contributed by atoms with E-state index in [9.17, 15) is 33.0 Å². The van der Waals surface area contributed by atoms with Crippen LogP contribution in [-0.2, 0) is 25.9 Å². The molecule has 1 saturated carbocycles. The van der Waals surface area contributed by atoms with Gasteiger partial charge in [0.15, 0.2) is 0 Å². The summed E-state index contributed by atoms with van der Waals surface area (Å²) in [7, 11) is -3.86. The molecule has 0 spiro atoms. The van der Waals surface area contributed by atoms with Crippen LogP contribution < -0.4 is 15.6 Å². The normalized spacial score (nSPS) is 17.4. The average Bonchev–Trinajstić information content (AvgIpc) is 3.36. The maximum absolute atomic E-state index is 13.8. The van der Waals surface area contributed by atoms with Crippen molar-refractivity contribution in [3.05, 3.63) is 123 Å². The Morgan fingerprint density at radius 1 is 0.875 bits per heavy atom. The number of carbonyl (C=O) groups is 2. The van der Waals surface area contributed by atoms with E-state index in [4.69, 9.17) is 21.1 Å². The summed E-state index contributed by atoms with van der Waals surface area (Å²) in [5.41, 5.74) is 1.75. The molecule has 2 aliphatic rings. The van der Waals surface area contributed by atoms with Gasteiger partial charge >= 0.3 is 6.09 Å². The van der Waals surface area contributed by atoms with Crippen LogP contribution in [0.25, 0.3) is 10.9 Å². The molecule has 1 aliphatic carbocycles. The summed E-state index contributed by atoms with van der Waals surface area (Å²) in [4.78, 5) is 48.2. The number of nitrogens with zero attached hydrogens (tertiary/aromatic N) is 3. The zero-order valence-electron chi connectivity index (χ0n) is 42.7. The minimum absolute atomic E-state index is 0.0143. The lowest BCUT2D eigenvalue weighted by Crippen LogP contribution is -2.54. The third-order valence-corrected chi connectivity index (χ3v) is 16.8. The molecular weight excluding hydrogens is 954 g/mol. The SMILES string of the molecule is CC(c1ccc(O)c2[nH]c(=O)ccc12)[C@@H](O)CN(Cc1ccc(NC(=O)CCOc2cccc(S(=O)(=O)c3ccc(C(C)[C@H](C)[C@@H](C)N4CCN(C5CCCCC5)CC4)cc3)c2)c(Cl)c1)C(=O)OC(C)(C)C. The van der Waals surface area contributed by atoms with Gasteiger partial charge in [0.05, 0.1) is 51.7 Å². The Morgan fingerprint density at radius 3 is 2.26 bits per heavy atom. The van der Waals surface area contributed by atoms with Crippen LogP contribution in [0.15, 0.2) is 106 Å². The first-order chi connectivity index (χ1) is 34.2. The van der Waals surface area contributed by atoms with Crippen LogP contribution in [0.5, 0.6) is 11.5 Å². The highest BCUT2D eigenvalue weighted by Crippen LogP contribution is 2.35. The lowest BCUT2D eigenvalue weighted by atomic mass is 9.83. The predicted octanol–water partition coefficient (Wildman–Crippen LogP) is 10.1. The van der Waals surface area contributed by atoms with Crippen molar-refractivity contribution in [2.45, 2.75) is 139 Å². The number of phenols is 1. The molecule has 388 valence electrons. The molecule has 2 unspecified atom stereocenters. The Balaban J connectivity index is 0.910. The quantitative estimate of drug-likeness (QED) is 0.0656. The lowest BCUT2D eigenvalue weighted by molar-refractivity contribution is -0.116. The van der Waals surface area contributed by atoms with Crippen LogP contribution in [-0.4, -0.2) is 113 Å². The van der Waals surface area contributed by atoms with E-state index < -0.39 is 33.6 Å². The summed E-state index contributed by atoms with van der Waals surface area (Å²) in [6.07, 6.45) is 4.95. The van der Waals surface area contributed by atoms with E-state index in [1.165, 1.54) is 61.3 Å². The van der Waals surface area contributed by atoms with Crippen molar-refractivity contribution >= 4 is 50.0 Å². The number of carbonyl (C=O) groups excluding carboxylic acids is 2. The number of phenolic OH excluding ortho intramolecular Hbond substituents is 1. The number of pyridine rings is 1. The second-order valence-electron chi connectivity index (χ2n) is 20.8. The number of aromatic nitrogens is 1. The van der Waals surface area contributed by atoms with Crippen LogP contribution in [0.1, 0.15) is 116 Å². The van der Waals surface area contributed by atoms with E-state index in [-0.39, 0.29) is 69.6 Å². The fourth-order valence-corrected chi connectivity index (χ4v) is 11.6. The number of ether oxygens (including phenoxy) is 2. The topological polar surface area (TPSA) is 182 Å². The molecule has 2 heterocycles. The maximum Gasteiger partial charge on any atom is 0.410 e. The van der Waals surface area contributed by atoms with Crippen LogP contribution >= 0.6 is 11.6 Å². The largest absolute Gasteiger partial charge is 0.506 e. The molecule has 5 aromatic rings. The van der Waals surface area contributed by atoms with Gasteiger partial charge in [-0.3, -0.25) is 19.4 Å². The monoisotopic (exact) mass is 1030 g/mol. The van der Waals surface area contributed by atoms with E-state index in [2.05, 4.69) is 40.9 Å². The molecule has 4 N–H and O–H groups in total. The first kappa shape index (κ1) is 54.3. The molecule has 16 heteroatoms. The molecule has 0 bridgehead atoms. The molecule has 1 saturated heterocycles. The van der Waals surface area contributed by atoms with Gasteiger partial charge in [0.1, 0.15) is 17.1 Å². The highest BCUT2D eigenvalue weighted by atomic mass is 35.5. The smallest absolute Gasteiger partial charge is 0.410 e. The van der Waals surface area contributed by atoms with Gasteiger partial charge in [-0.2, -0.15) is 0 Å². The van der Waals surface area contributed by atoms with Crippen LogP contribution in [0.4, 0.5) is 10.5 Å². The number of aromatic hydroxyl groups is 1. The van der Waals surface area contributed by atoms with Crippen LogP contribution in [0, 0.1) is 5.92 Å². The van der Waals surface area contributed by atoms with Gasteiger partial charge in [-0.1, -0.05) is 82.0 Å². The third kappa shape index (κ3) is 13.6. The molecule has 5 atom stereocenters. The number of hydrogen-bond donors (Lipinski definition) is 4. The Hall–Kier alpha value is -5.45. The van der Waals surface area contributed by atoms with Gasteiger partial charge in [-0.05, 0) is 124 Å². The third-order valence-electron chi connectivity index (χ3n) is 14.7. The zero-order valence-corrected chi connectivity index (χ0v) is 44.3. The average molecular weight is 1030 g/mol. The Bertz CT molecular complexity index is 2840. The Labute approximate surface area is 429 Å². The summed E-state index contributed by atoms with van der Waals surface area (Å²) in [5.74, 6) is -0.109. The summed E-state index contributed by atoms with van der Waals surface area (Å²) < 4.78 is 39.2. The summed E-state index contributed by atoms with van der Waals surface area (Å²) in [6.45, 7) is 18.2. The number of sulfone groups is 1. The molecule has 0 radical (unpaired) electrons. The van der Waals surface area contributed by atoms with E-state index >= 15 is 0 Å². The maximum atomic E-state index is 13.8. The highest BCUT2D eigenvalue weighted by molar-refractivity contribution is 7.91. The fraction of sp³-hybridized carbons (Fsp3) is 0.482. The minimum atomic E-state index is -3.86. The summed E-state index contributed by atoms with van der Waals surface area (Å²) >= 11 is 6.67. The second-order valence-corrected chi connectivity index (χ2v) is 23.1. The molecule has 14 nitrogen and oxygen atoms in total. The van der Waals surface area contributed by atoms with Gasteiger partial charge < -0.3 is 34.9 Å². The van der Waals surface area contributed by atoms with Crippen molar-refractivity contribution in [3.8, 4) is 11.5 Å². The number of aliphatic hydroxyl groups is 1. The fourth-order valence-electron chi connectivity index (χ4n) is 10.1. The predicted molar refractivity (Wildman–Crippen MR) is 283 cm³/mol. The molecule has 72 heavy (non-hydrogen) atoms. The number of benzene rings is 4. The molecule has 7 rings (SSSR count). The number of H-pyrrole nitrogens is 1. The number of aromatic amines is 1. The zero-order chi connectivity index (χ0) is 51.9. The number of anilines is 1. The van der Waals surface area contributed by atoms with Gasteiger partial charge in [-0.15, -0.1) is 0 Å². The van der Waals surface area contributed by atoms with Crippen molar-refractivity contribution < 1.29 is 37.7 Å². The molecule has 2 amide bonds. The summed E-state index contributed by atoms with van der Waals surface area (Å²) in [5, 5.41) is 25.5. The number of piperazine rings is 1. The number of halogens is 1. The van der Waals surface area contributed by atoms with Gasteiger partial charge in [0, 0.05) is 62.2 Å². The minimum Gasteiger partial charge on any atom is -0.506 e. The van der Waals surface area contributed by atoms with Crippen LogP contribution in [0.3, 0.4) is 0 Å². The van der Waals surface area contributed by atoms with E-state index in [0.717, 1.165) is 37.8 Å². The Kier molecular flexibility index (Phi) is 17.8. The molecule has 1 aliphatic heterocycles. The highest BCUT2D eigenvalue weighted by Gasteiger charge is 2.32. The van der Waals surface area contributed by atoms with Crippen molar-refractivity contribution in [2.75, 3.05) is 44.6 Å². The number of fused-ring (bicyclic) bond motifs is 1. The van der Waals surface area contributed by atoms with E-state index in [1.807, 2.05) is 12.1 Å². The number of nitrogens with one attached hydrogen (secondary N) is 2. The van der Waals surface area contributed by atoms with Crippen molar-refractivity contribution in [2.24, 2.45) is 5.92 Å². The first-order valence-electron chi connectivity index (χ1n) is 25.3. The van der Waals surface area contributed by atoms with Gasteiger partial charge in [-0.25, -0.2) is 13.2 Å². The van der Waals surface area contributed by atoms with E-state index in [1.54, 1.807) is 82.3 Å². The van der Waals surface area contributed by atoms with Crippen molar-refractivity contribution in [1.29, 1.82) is 0 Å². The van der Waals surface area contributed by atoms with Gasteiger partial charge in [0.25, 0.3) is 0 Å². The second kappa shape index (κ2) is 23.6. The van der Waals surface area contributed by atoms with Crippen molar-refractivity contribution in [1.82, 2.24) is 19.7 Å². The number of rotatable bonds is 18. The van der Waals surface area contributed by atoms with E-state index in [0.29, 0.717) is 39.9 Å².